The number of aromatic nitrogens is 1. The average molecular weight is 492 g/mol. The van der Waals surface area contributed by atoms with Crippen molar-refractivity contribution in [1.29, 1.82) is 0 Å². The lowest BCUT2D eigenvalue weighted by molar-refractivity contribution is -0.137. The number of carboxylic acid groups (broad SMARTS) is 1. The van der Waals surface area contributed by atoms with Gasteiger partial charge in [-0.2, -0.15) is 0 Å². The number of carboxylic acids is 1. The van der Waals surface area contributed by atoms with Gasteiger partial charge in [-0.25, -0.2) is 8.42 Å². The number of hydrogen-bond donors (Lipinski definition) is 2. The van der Waals surface area contributed by atoms with Gasteiger partial charge in [-0.3, -0.25) is 9.52 Å². The highest BCUT2D eigenvalue weighted by Gasteiger charge is 2.17. The number of benzene rings is 3. The second kappa shape index (κ2) is 10.2. The highest BCUT2D eigenvalue weighted by atomic mass is 32.2. The topological polar surface area (TPSA) is 91.6 Å². The van der Waals surface area contributed by atoms with E-state index in [2.05, 4.69) is 4.72 Å². The molecular formula is C27H29N3O4S. The highest BCUT2D eigenvalue weighted by molar-refractivity contribution is 7.92. The highest BCUT2D eigenvalue weighted by Crippen LogP contribution is 2.27. The van der Waals surface area contributed by atoms with Crippen molar-refractivity contribution >= 4 is 38.3 Å². The molecule has 3 aromatic carbocycles. The molecule has 0 radical (unpaired) electrons. The van der Waals surface area contributed by atoms with Gasteiger partial charge in [-0.15, -0.1) is 0 Å². The van der Waals surface area contributed by atoms with Gasteiger partial charge in [0.05, 0.1) is 11.4 Å². The maximum atomic E-state index is 13.1. The van der Waals surface area contributed by atoms with Gasteiger partial charge < -0.3 is 14.6 Å². The standard InChI is InChI=1S/C27H29N3O4S/c1-29(2)23-12-13-25(22(17-23)16-20-8-4-3-5-9-20)28-35(33,34)15-14-21-18-30(19-27(31)32)26-11-7-6-10-24(21)26/h3-13,17-18,28H,14-16,19H2,1-2H3,(H,31,32). The molecule has 4 rings (SSSR count). The van der Waals surface area contributed by atoms with Crippen LogP contribution in [0.25, 0.3) is 10.9 Å². The number of fused-ring (bicyclic) bond motifs is 1. The van der Waals surface area contributed by atoms with Gasteiger partial charge in [0.15, 0.2) is 0 Å². The molecule has 0 spiro atoms. The number of sulfonamides is 1. The molecule has 8 heteroatoms. The fourth-order valence-electron chi connectivity index (χ4n) is 4.18. The molecule has 1 heterocycles. The molecular weight excluding hydrogens is 462 g/mol. The molecule has 0 aliphatic carbocycles. The van der Waals surface area contributed by atoms with E-state index in [1.807, 2.05) is 91.8 Å². The van der Waals surface area contributed by atoms with Gasteiger partial charge >= 0.3 is 5.97 Å². The smallest absolute Gasteiger partial charge is 0.323 e. The van der Waals surface area contributed by atoms with Gasteiger partial charge in [0, 0.05) is 36.9 Å². The molecule has 0 unspecified atom stereocenters. The Hall–Kier alpha value is -3.78. The van der Waals surface area contributed by atoms with Crippen LogP contribution in [0.15, 0.2) is 79.0 Å². The molecule has 0 aliphatic heterocycles. The van der Waals surface area contributed by atoms with Crippen LogP contribution in [0.5, 0.6) is 0 Å². The second-order valence-corrected chi connectivity index (χ2v) is 10.6. The van der Waals surface area contributed by atoms with E-state index in [4.69, 9.17) is 0 Å². The summed E-state index contributed by atoms with van der Waals surface area (Å²) in [5.41, 5.74) is 5.12. The van der Waals surface area contributed by atoms with Crippen molar-refractivity contribution in [1.82, 2.24) is 4.57 Å². The van der Waals surface area contributed by atoms with E-state index in [9.17, 15) is 18.3 Å². The summed E-state index contributed by atoms with van der Waals surface area (Å²) in [6.07, 6.45) is 2.61. The van der Waals surface area contributed by atoms with E-state index >= 15 is 0 Å². The molecule has 35 heavy (non-hydrogen) atoms. The van der Waals surface area contributed by atoms with Crippen molar-refractivity contribution in [2.75, 3.05) is 29.5 Å². The van der Waals surface area contributed by atoms with Gasteiger partial charge in [-0.05, 0) is 53.8 Å². The van der Waals surface area contributed by atoms with Crippen LogP contribution < -0.4 is 9.62 Å². The summed E-state index contributed by atoms with van der Waals surface area (Å²) in [5, 5.41) is 10.1. The third-order valence-electron chi connectivity index (χ3n) is 5.92. The van der Waals surface area contributed by atoms with Crippen LogP contribution in [0.3, 0.4) is 0 Å². The lowest BCUT2D eigenvalue weighted by Gasteiger charge is -2.18. The van der Waals surface area contributed by atoms with Gasteiger partial charge in [0.1, 0.15) is 6.54 Å². The van der Waals surface area contributed by atoms with Crippen LogP contribution in [0, 0.1) is 0 Å². The van der Waals surface area contributed by atoms with Crippen LogP contribution in [0.1, 0.15) is 16.7 Å². The first-order valence-electron chi connectivity index (χ1n) is 11.3. The molecule has 7 nitrogen and oxygen atoms in total. The van der Waals surface area contributed by atoms with Crippen molar-refractivity contribution in [3.63, 3.8) is 0 Å². The van der Waals surface area contributed by atoms with E-state index in [1.54, 1.807) is 10.8 Å². The molecule has 0 fully saturated rings. The van der Waals surface area contributed by atoms with Crippen molar-refractivity contribution in [3.8, 4) is 0 Å². The van der Waals surface area contributed by atoms with Crippen LogP contribution >= 0.6 is 0 Å². The molecule has 1 aromatic heterocycles. The Labute approximate surface area is 205 Å². The number of aliphatic carboxylic acids is 1. The zero-order valence-electron chi connectivity index (χ0n) is 19.8. The van der Waals surface area contributed by atoms with Crippen molar-refractivity contribution in [2.24, 2.45) is 0 Å². The Morgan fingerprint density at radius 1 is 0.971 bits per heavy atom. The summed E-state index contributed by atoms with van der Waals surface area (Å²) in [6.45, 7) is -0.174. The Bertz CT molecular complexity index is 1440. The van der Waals surface area contributed by atoms with Crippen molar-refractivity contribution in [3.05, 3.63) is 95.7 Å². The quantitative estimate of drug-likeness (QED) is 0.344. The fourth-order valence-corrected chi connectivity index (χ4v) is 5.31. The summed E-state index contributed by atoms with van der Waals surface area (Å²) in [4.78, 5) is 13.2. The number of anilines is 2. The Morgan fingerprint density at radius 3 is 2.40 bits per heavy atom. The zero-order chi connectivity index (χ0) is 25.0. The first kappa shape index (κ1) is 24.3. The largest absolute Gasteiger partial charge is 0.480 e. The first-order chi connectivity index (χ1) is 16.7. The summed E-state index contributed by atoms with van der Waals surface area (Å²) >= 11 is 0. The lowest BCUT2D eigenvalue weighted by Crippen LogP contribution is -2.19. The molecule has 0 saturated heterocycles. The maximum Gasteiger partial charge on any atom is 0.323 e. The van der Waals surface area contributed by atoms with E-state index in [1.165, 1.54) is 0 Å². The molecule has 0 amide bonds. The van der Waals surface area contributed by atoms with E-state index in [-0.39, 0.29) is 18.7 Å². The number of hydrogen-bond acceptors (Lipinski definition) is 4. The molecule has 0 saturated carbocycles. The van der Waals surface area contributed by atoms with Crippen molar-refractivity contribution in [2.45, 2.75) is 19.4 Å². The molecule has 0 bridgehead atoms. The molecule has 0 aliphatic rings. The number of carbonyl (C=O) groups is 1. The summed E-state index contributed by atoms with van der Waals surface area (Å²) in [6, 6.07) is 23.1. The number of rotatable bonds is 10. The average Bonchev–Trinajstić information content (AvgIpc) is 3.16. The molecule has 2 N–H and O–H groups in total. The van der Waals surface area contributed by atoms with E-state index < -0.39 is 16.0 Å². The van der Waals surface area contributed by atoms with E-state index in [0.29, 0.717) is 12.1 Å². The predicted octanol–water partition coefficient (Wildman–Crippen LogP) is 4.37. The minimum Gasteiger partial charge on any atom is -0.480 e. The van der Waals surface area contributed by atoms with Crippen molar-refractivity contribution < 1.29 is 18.3 Å². The molecule has 0 atom stereocenters. The first-order valence-corrected chi connectivity index (χ1v) is 13.0. The van der Waals surface area contributed by atoms with E-state index in [0.717, 1.165) is 33.3 Å². The SMILES string of the molecule is CN(C)c1ccc(NS(=O)(=O)CCc2cn(CC(=O)O)c3ccccc23)c(Cc2ccccc2)c1. The lowest BCUT2D eigenvalue weighted by atomic mass is 10.0. The number of para-hydroxylation sites is 1. The third-order valence-corrected chi connectivity index (χ3v) is 7.20. The number of aryl methyl sites for hydroxylation is 1. The third kappa shape index (κ3) is 6.02. The minimum absolute atomic E-state index is 0.117. The molecule has 4 aromatic rings. The number of nitrogens with one attached hydrogen (secondary N) is 1. The van der Waals surface area contributed by atoms with Crippen LogP contribution in [0.2, 0.25) is 0 Å². The second-order valence-electron chi connectivity index (χ2n) is 8.76. The van der Waals surface area contributed by atoms with Gasteiger partial charge in [0.2, 0.25) is 10.0 Å². The van der Waals surface area contributed by atoms with Crippen LogP contribution in [-0.2, 0) is 34.2 Å². The summed E-state index contributed by atoms with van der Waals surface area (Å²) in [5.74, 6) is -1.06. The summed E-state index contributed by atoms with van der Waals surface area (Å²) in [7, 11) is 0.249. The molecule has 182 valence electrons. The van der Waals surface area contributed by atoms with Gasteiger partial charge in [-0.1, -0.05) is 48.5 Å². The monoisotopic (exact) mass is 491 g/mol. The normalized spacial score (nSPS) is 11.5. The minimum atomic E-state index is -3.65. The van der Waals surface area contributed by atoms with Crippen LogP contribution in [0.4, 0.5) is 11.4 Å². The van der Waals surface area contributed by atoms with Crippen LogP contribution in [-0.4, -0.2) is 43.9 Å². The number of nitrogens with zero attached hydrogens (tertiary/aromatic N) is 2. The Morgan fingerprint density at radius 2 is 1.69 bits per heavy atom. The zero-order valence-corrected chi connectivity index (χ0v) is 20.6. The Balaban J connectivity index is 1.56. The maximum absolute atomic E-state index is 13.1. The summed E-state index contributed by atoms with van der Waals surface area (Å²) < 4.78 is 30.6. The fraction of sp³-hybridized carbons (Fsp3) is 0.222. The van der Waals surface area contributed by atoms with Gasteiger partial charge in [0.25, 0.3) is 0 Å². The Kier molecular flexibility index (Phi) is 7.12. The predicted molar refractivity (Wildman–Crippen MR) is 141 cm³/mol.